The minimum absolute atomic E-state index is 0.344. The molecule has 1 heterocycles. The van der Waals surface area contributed by atoms with Gasteiger partial charge < -0.3 is 10.5 Å². The zero-order valence-electron chi connectivity index (χ0n) is 9.68. The molecule has 1 aromatic carbocycles. The van der Waals surface area contributed by atoms with Gasteiger partial charge in [-0.15, -0.1) is 0 Å². The first-order valence-corrected chi connectivity index (χ1v) is 5.58. The number of aromatic nitrogens is 1. The molecule has 0 saturated heterocycles. The lowest BCUT2D eigenvalue weighted by molar-refractivity contribution is 0.0602. The average Bonchev–Trinajstić information content (AvgIpc) is 2.37. The molecule has 0 amide bonds. The zero-order valence-corrected chi connectivity index (χ0v) is 10.4. The molecule has 2 rings (SSSR count). The number of anilines is 1. The second kappa shape index (κ2) is 5.06. The Morgan fingerprint density at radius 1 is 1.28 bits per heavy atom. The van der Waals surface area contributed by atoms with Crippen molar-refractivity contribution in [1.29, 1.82) is 0 Å². The van der Waals surface area contributed by atoms with Crippen molar-refractivity contribution in [3.05, 3.63) is 47.2 Å². The van der Waals surface area contributed by atoms with Gasteiger partial charge in [0.1, 0.15) is 0 Å². The van der Waals surface area contributed by atoms with Gasteiger partial charge in [-0.2, -0.15) is 0 Å². The van der Waals surface area contributed by atoms with E-state index in [1.807, 2.05) is 0 Å². The molecule has 2 aromatic rings. The summed E-state index contributed by atoms with van der Waals surface area (Å²) in [5.74, 6) is -0.455. The summed E-state index contributed by atoms with van der Waals surface area (Å²) in [6.07, 6.45) is 3.23. The molecule has 0 bridgehead atoms. The number of hydrogen-bond acceptors (Lipinski definition) is 4. The number of nitrogens with two attached hydrogens (primary N) is 1. The Morgan fingerprint density at radius 3 is 2.67 bits per heavy atom. The highest BCUT2D eigenvalue weighted by Gasteiger charge is 2.10. The van der Waals surface area contributed by atoms with Crippen molar-refractivity contribution >= 4 is 23.3 Å². The number of nitrogens with zero attached hydrogens (tertiary/aromatic N) is 1. The van der Waals surface area contributed by atoms with Gasteiger partial charge in [0.05, 0.1) is 17.7 Å². The van der Waals surface area contributed by atoms with Gasteiger partial charge in [-0.3, -0.25) is 4.98 Å². The summed E-state index contributed by atoms with van der Waals surface area (Å²) in [5, 5.41) is 0.545. The summed E-state index contributed by atoms with van der Waals surface area (Å²) < 4.78 is 4.63. The minimum Gasteiger partial charge on any atom is -0.465 e. The predicted molar refractivity (Wildman–Crippen MR) is 70.4 cm³/mol. The van der Waals surface area contributed by atoms with E-state index in [1.54, 1.807) is 36.7 Å². The second-order valence-electron chi connectivity index (χ2n) is 3.69. The first-order chi connectivity index (χ1) is 8.61. The van der Waals surface area contributed by atoms with Crippen LogP contribution >= 0.6 is 11.6 Å². The van der Waals surface area contributed by atoms with Crippen LogP contribution in [0, 0.1) is 0 Å². The van der Waals surface area contributed by atoms with Crippen LogP contribution in [0.15, 0.2) is 36.7 Å². The molecular weight excluding hydrogens is 252 g/mol. The highest BCUT2D eigenvalue weighted by atomic mass is 35.5. The lowest BCUT2D eigenvalue weighted by atomic mass is 10.0. The van der Waals surface area contributed by atoms with E-state index < -0.39 is 5.97 Å². The van der Waals surface area contributed by atoms with Gasteiger partial charge in [-0.1, -0.05) is 17.7 Å². The largest absolute Gasteiger partial charge is 0.465 e. The van der Waals surface area contributed by atoms with E-state index in [1.165, 1.54) is 7.11 Å². The Hall–Kier alpha value is -2.07. The Balaban J connectivity index is 2.43. The fourth-order valence-corrected chi connectivity index (χ4v) is 1.78. The first kappa shape index (κ1) is 12.4. The van der Waals surface area contributed by atoms with Crippen LogP contribution in [0.5, 0.6) is 0 Å². The van der Waals surface area contributed by atoms with E-state index in [0.717, 1.165) is 11.1 Å². The quantitative estimate of drug-likeness (QED) is 0.668. The molecule has 4 nitrogen and oxygen atoms in total. The van der Waals surface area contributed by atoms with E-state index in [0.29, 0.717) is 16.3 Å². The fraction of sp³-hybridized carbons (Fsp3) is 0.0769. The fourth-order valence-electron chi connectivity index (χ4n) is 1.61. The number of hydrogen-bond donors (Lipinski definition) is 1. The van der Waals surface area contributed by atoms with Crippen molar-refractivity contribution in [3.63, 3.8) is 0 Å². The summed E-state index contributed by atoms with van der Waals surface area (Å²) in [6, 6.07) is 6.87. The molecule has 92 valence electrons. The molecule has 0 spiro atoms. The van der Waals surface area contributed by atoms with Crippen LogP contribution in [-0.4, -0.2) is 18.1 Å². The van der Waals surface area contributed by atoms with Crippen LogP contribution in [0.2, 0.25) is 5.02 Å². The lowest BCUT2D eigenvalue weighted by Gasteiger charge is -2.07. The van der Waals surface area contributed by atoms with Gasteiger partial charge in [0, 0.05) is 23.6 Å². The van der Waals surface area contributed by atoms with Gasteiger partial charge in [0.2, 0.25) is 0 Å². The van der Waals surface area contributed by atoms with Gasteiger partial charge in [0.15, 0.2) is 0 Å². The summed E-state index contributed by atoms with van der Waals surface area (Å²) >= 11 is 5.87. The van der Waals surface area contributed by atoms with E-state index >= 15 is 0 Å². The Morgan fingerprint density at radius 2 is 2.06 bits per heavy atom. The Bertz CT molecular complexity index is 599. The maximum atomic E-state index is 11.4. The van der Waals surface area contributed by atoms with Crippen molar-refractivity contribution in [2.24, 2.45) is 0 Å². The van der Waals surface area contributed by atoms with E-state index in [2.05, 4.69) is 9.72 Å². The molecule has 0 aliphatic carbocycles. The van der Waals surface area contributed by atoms with Crippen molar-refractivity contribution in [1.82, 2.24) is 4.98 Å². The Kier molecular flexibility index (Phi) is 3.48. The second-order valence-corrected chi connectivity index (χ2v) is 4.12. The van der Waals surface area contributed by atoms with E-state index in [9.17, 15) is 4.79 Å². The van der Waals surface area contributed by atoms with Crippen LogP contribution < -0.4 is 5.73 Å². The lowest BCUT2D eigenvalue weighted by Crippen LogP contribution is -2.05. The predicted octanol–water partition coefficient (Wildman–Crippen LogP) is 2.77. The summed E-state index contributed by atoms with van der Waals surface area (Å²) in [7, 11) is 1.32. The van der Waals surface area contributed by atoms with Crippen LogP contribution in [0.3, 0.4) is 0 Å². The number of methoxy groups -OCH3 is 1. The van der Waals surface area contributed by atoms with Crippen molar-refractivity contribution < 1.29 is 9.53 Å². The molecule has 1 aromatic heterocycles. The van der Waals surface area contributed by atoms with Gasteiger partial charge in [-0.25, -0.2) is 4.79 Å². The van der Waals surface area contributed by atoms with Crippen LogP contribution in [0.4, 0.5) is 5.69 Å². The van der Waals surface area contributed by atoms with Crippen LogP contribution in [-0.2, 0) is 4.74 Å². The third kappa shape index (κ3) is 2.43. The number of nitrogen functional groups attached to an aromatic ring is 1. The number of ether oxygens (including phenoxy) is 1. The molecule has 5 heteroatoms. The number of rotatable bonds is 2. The van der Waals surface area contributed by atoms with Gasteiger partial charge >= 0.3 is 5.97 Å². The molecule has 0 aliphatic rings. The molecule has 0 unspecified atom stereocenters. The number of benzene rings is 1. The molecular formula is C13H11ClN2O2. The van der Waals surface area contributed by atoms with Crippen LogP contribution in [0.1, 0.15) is 10.4 Å². The number of esters is 1. The highest BCUT2D eigenvalue weighted by Crippen LogP contribution is 2.25. The number of halogens is 1. The van der Waals surface area contributed by atoms with Crippen molar-refractivity contribution in [3.8, 4) is 11.1 Å². The molecule has 0 aliphatic heterocycles. The smallest absolute Gasteiger partial charge is 0.339 e. The van der Waals surface area contributed by atoms with Gasteiger partial charge in [0.25, 0.3) is 0 Å². The monoisotopic (exact) mass is 262 g/mol. The highest BCUT2D eigenvalue weighted by molar-refractivity contribution is 6.30. The van der Waals surface area contributed by atoms with Crippen molar-refractivity contribution in [2.45, 2.75) is 0 Å². The minimum atomic E-state index is -0.455. The molecule has 0 atom stereocenters. The maximum Gasteiger partial charge on any atom is 0.339 e. The third-order valence-corrected chi connectivity index (χ3v) is 2.70. The topological polar surface area (TPSA) is 65.2 Å². The number of carbonyl (C=O) groups excluding carboxylic acids is 1. The number of pyridine rings is 1. The maximum absolute atomic E-state index is 11.4. The normalized spacial score (nSPS) is 10.1. The van der Waals surface area contributed by atoms with E-state index in [4.69, 9.17) is 17.3 Å². The van der Waals surface area contributed by atoms with Gasteiger partial charge in [-0.05, 0) is 23.8 Å². The standard InChI is InChI=1S/C13H11ClN2O2/c1-18-13(17)11-3-2-8(5-12(11)15)9-4-10(14)7-16-6-9/h2-7H,15H2,1H3. The van der Waals surface area contributed by atoms with E-state index in [-0.39, 0.29) is 0 Å². The third-order valence-electron chi connectivity index (χ3n) is 2.50. The zero-order chi connectivity index (χ0) is 13.1. The summed E-state index contributed by atoms with van der Waals surface area (Å²) in [5.41, 5.74) is 8.20. The number of carbonyl (C=O) groups is 1. The first-order valence-electron chi connectivity index (χ1n) is 5.20. The molecule has 2 N–H and O–H groups in total. The summed E-state index contributed by atoms with van der Waals surface area (Å²) in [4.78, 5) is 15.4. The van der Waals surface area contributed by atoms with Crippen LogP contribution in [0.25, 0.3) is 11.1 Å². The summed E-state index contributed by atoms with van der Waals surface area (Å²) in [6.45, 7) is 0. The molecule has 18 heavy (non-hydrogen) atoms. The average molecular weight is 263 g/mol. The van der Waals surface area contributed by atoms with Crippen molar-refractivity contribution in [2.75, 3.05) is 12.8 Å². The SMILES string of the molecule is COC(=O)c1ccc(-c2cncc(Cl)c2)cc1N. The Labute approximate surface area is 109 Å². The molecule has 0 radical (unpaired) electrons. The molecule has 0 fully saturated rings. The molecule has 0 saturated carbocycles.